The first kappa shape index (κ1) is 27.8. The Morgan fingerprint density at radius 3 is 2.33 bits per heavy atom. The number of aryl methyl sites for hydroxylation is 1. The minimum atomic E-state index is -0.614. The molecule has 7 nitrogen and oxygen atoms in total. The van der Waals surface area contributed by atoms with Gasteiger partial charge in [-0.3, -0.25) is 14.5 Å². The minimum absolute atomic E-state index is 0.146. The molecule has 8 heteroatoms. The van der Waals surface area contributed by atoms with Crippen molar-refractivity contribution in [2.75, 3.05) is 24.4 Å². The smallest absolute Gasteiger partial charge is 0.269 e. The molecular weight excluding hydrogens is 510 g/mol. The lowest BCUT2D eigenvalue weighted by molar-refractivity contribution is -0.117. The van der Waals surface area contributed by atoms with Crippen molar-refractivity contribution < 1.29 is 19.1 Å². The van der Waals surface area contributed by atoms with Gasteiger partial charge in [0, 0.05) is 5.69 Å². The summed E-state index contributed by atoms with van der Waals surface area (Å²) in [7, 11) is 3.07. The van der Waals surface area contributed by atoms with Crippen molar-refractivity contribution in [3.8, 4) is 17.6 Å². The van der Waals surface area contributed by atoms with Crippen molar-refractivity contribution in [1.82, 2.24) is 0 Å². The number of carbonyl (C=O) groups is 2. The molecule has 1 aliphatic rings. The molecule has 3 aromatic rings. The molecule has 2 amide bonds. The summed E-state index contributed by atoms with van der Waals surface area (Å²) in [6.45, 7) is 2.17. The van der Waals surface area contributed by atoms with Crippen LogP contribution < -0.4 is 19.7 Å². The van der Waals surface area contributed by atoms with Crippen LogP contribution in [0.25, 0.3) is 0 Å². The van der Waals surface area contributed by atoms with Crippen LogP contribution >= 0.6 is 11.8 Å². The van der Waals surface area contributed by atoms with E-state index in [9.17, 15) is 14.9 Å². The zero-order valence-electron chi connectivity index (χ0n) is 22.3. The van der Waals surface area contributed by atoms with Crippen molar-refractivity contribution in [1.29, 1.82) is 5.26 Å². The monoisotopic (exact) mass is 541 g/mol. The van der Waals surface area contributed by atoms with Crippen molar-refractivity contribution >= 4 is 35.0 Å². The molecule has 1 N–H and O–H groups in total. The molecule has 0 radical (unpaired) electrons. The molecule has 1 unspecified atom stereocenters. The Kier molecular flexibility index (Phi) is 9.29. The molecule has 0 bridgehead atoms. The number of para-hydroxylation sites is 2. The summed E-state index contributed by atoms with van der Waals surface area (Å²) in [6, 6.07) is 24.3. The topological polar surface area (TPSA) is 91.7 Å². The second-order valence-corrected chi connectivity index (χ2v) is 10.2. The molecule has 1 saturated heterocycles. The number of nitrogens with one attached hydrogen (secondary N) is 1. The Morgan fingerprint density at radius 2 is 1.69 bits per heavy atom. The molecule has 0 spiro atoms. The highest BCUT2D eigenvalue weighted by atomic mass is 32.2. The van der Waals surface area contributed by atoms with E-state index in [1.54, 1.807) is 55.6 Å². The summed E-state index contributed by atoms with van der Waals surface area (Å²) in [5.41, 5.74) is 3.13. The number of nitriles is 1. The van der Waals surface area contributed by atoms with E-state index in [2.05, 4.69) is 36.5 Å². The standard InChI is InChI=1S/C31H31N3O4S/c1-4-5-8-21-11-13-22(14-12-21)19-28-30(36)34(23-15-17-24(37-2)18-16-23)31(39-28)25(20-32)29(35)33-26-9-6-7-10-27(26)38-3/h6-7,9-18,28H,4-5,8,19H2,1-3H3,(H,33,35)/b31-25-. The third kappa shape index (κ3) is 6.44. The summed E-state index contributed by atoms with van der Waals surface area (Å²) in [5, 5.41) is 12.7. The highest BCUT2D eigenvalue weighted by Gasteiger charge is 2.41. The summed E-state index contributed by atoms with van der Waals surface area (Å²) in [5.74, 6) is 0.304. The predicted octanol–water partition coefficient (Wildman–Crippen LogP) is 6.11. The van der Waals surface area contributed by atoms with Crippen molar-refractivity contribution in [2.24, 2.45) is 0 Å². The van der Waals surface area contributed by atoms with Crippen molar-refractivity contribution in [2.45, 2.75) is 37.9 Å². The van der Waals surface area contributed by atoms with Crippen LogP contribution in [0.4, 0.5) is 11.4 Å². The van der Waals surface area contributed by atoms with Gasteiger partial charge in [0.2, 0.25) is 5.91 Å². The number of methoxy groups -OCH3 is 2. The van der Waals surface area contributed by atoms with Gasteiger partial charge in [-0.05, 0) is 66.8 Å². The molecule has 1 fully saturated rings. The van der Waals surface area contributed by atoms with E-state index < -0.39 is 11.2 Å². The molecular formula is C31H31N3O4S. The van der Waals surface area contributed by atoms with Gasteiger partial charge in [0.25, 0.3) is 5.91 Å². The Morgan fingerprint density at radius 1 is 1.00 bits per heavy atom. The quantitative estimate of drug-likeness (QED) is 0.246. The third-order valence-corrected chi connectivity index (χ3v) is 7.72. The van der Waals surface area contributed by atoms with E-state index in [0.29, 0.717) is 34.3 Å². The number of carbonyl (C=O) groups excluding carboxylic acids is 2. The van der Waals surface area contributed by atoms with Crippen LogP contribution in [0.1, 0.15) is 30.9 Å². The fourth-order valence-electron chi connectivity index (χ4n) is 4.32. The number of unbranched alkanes of at least 4 members (excludes halogenated alkanes) is 1. The van der Waals surface area contributed by atoms with Gasteiger partial charge in [-0.25, -0.2) is 0 Å². The molecule has 1 atom stereocenters. The average molecular weight is 542 g/mol. The first-order chi connectivity index (χ1) is 19.0. The van der Waals surface area contributed by atoms with Gasteiger partial charge in [0.15, 0.2) is 0 Å². The van der Waals surface area contributed by atoms with Crippen molar-refractivity contribution in [3.05, 3.63) is 94.5 Å². The highest BCUT2D eigenvalue weighted by molar-refractivity contribution is 8.05. The number of hydrogen-bond donors (Lipinski definition) is 1. The van der Waals surface area contributed by atoms with Crippen LogP contribution in [-0.2, 0) is 22.4 Å². The van der Waals surface area contributed by atoms with E-state index in [0.717, 1.165) is 24.8 Å². The first-order valence-corrected chi connectivity index (χ1v) is 13.7. The minimum Gasteiger partial charge on any atom is -0.497 e. The number of amides is 2. The second-order valence-electron chi connectivity index (χ2n) is 9.05. The number of ether oxygens (including phenoxy) is 2. The molecule has 0 aromatic heterocycles. The van der Waals surface area contributed by atoms with Crippen LogP contribution in [0.15, 0.2) is 83.4 Å². The maximum atomic E-state index is 13.8. The van der Waals surface area contributed by atoms with Crippen LogP contribution in [0.5, 0.6) is 11.5 Å². The summed E-state index contributed by atoms with van der Waals surface area (Å²) >= 11 is 1.24. The number of thioether (sulfide) groups is 1. The van der Waals surface area contributed by atoms with Crippen molar-refractivity contribution in [3.63, 3.8) is 0 Å². The predicted molar refractivity (Wildman–Crippen MR) is 155 cm³/mol. The number of hydrogen-bond acceptors (Lipinski definition) is 6. The number of rotatable bonds is 10. The molecule has 1 aliphatic heterocycles. The number of benzene rings is 3. The fourth-order valence-corrected chi connectivity index (χ4v) is 5.63. The second kappa shape index (κ2) is 13.0. The van der Waals surface area contributed by atoms with E-state index in [-0.39, 0.29) is 11.5 Å². The lowest BCUT2D eigenvalue weighted by Gasteiger charge is -2.19. The lowest BCUT2D eigenvalue weighted by Crippen LogP contribution is -2.30. The number of anilines is 2. The van der Waals surface area contributed by atoms with Crippen LogP contribution in [-0.4, -0.2) is 31.3 Å². The molecule has 0 aliphatic carbocycles. The van der Waals surface area contributed by atoms with Gasteiger partial charge >= 0.3 is 0 Å². The van der Waals surface area contributed by atoms with Gasteiger partial charge in [-0.2, -0.15) is 5.26 Å². The Balaban J connectivity index is 1.67. The maximum Gasteiger partial charge on any atom is 0.269 e. The summed E-state index contributed by atoms with van der Waals surface area (Å²) in [6.07, 6.45) is 3.77. The normalized spacial score (nSPS) is 16.0. The molecule has 4 rings (SSSR count). The summed E-state index contributed by atoms with van der Waals surface area (Å²) in [4.78, 5) is 28.6. The molecule has 39 heavy (non-hydrogen) atoms. The Hall–Kier alpha value is -4.22. The van der Waals surface area contributed by atoms with Gasteiger partial charge in [0.1, 0.15) is 28.2 Å². The van der Waals surface area contributed by atoms with E-state index >= 15 is 0 Å². The third-order valence-electron chi connectivity index (χ3n) is 6.45. The molecule has 0 saturated carbocycles. The van der Waals surface area contributed by atoms with Gasteiger partial charge in [-0.1, -0.05) is 61.5 Å². The fraction of sp³-hybridized carbons (Fsp3) is 0.258. The largest absolute Gasteiger partial charge is 0.497 e. The molecule has 3 aromatic carbocycles. The average Bonchev–Trinajstić information content (AvgIpc) is 3.28. The van der Waals surface area contributed by atoms with Crippen LogP contribution in [0.2, 0.25) is 0 Å². The van der Waals surface area contributed by atoms with E-state index in [1.165, 1.54) is 29.3 Å². The zero-order valence-corrected chi connectivity index (χ0v) is 23.1. The molecule has 200 valence electrons. The zero-order chi connectivity index (χ0) is 27.8. The summed E-state index contributed by atoms with van der Waals surface area (Å²) < 4.78 is 10.6. The van der Waals surface area contributed by atoms with Gasteiger partial charge in [-0.15, -0.1) is 0 Å². The van der Waals surface area contributed by atoms with Gasteiger partial charge in [0.05, 0.1) is 25.2 Å². The van der Waals surface area contributed by atoms with E-state index in [1.807, 2.05) is 6.07 Å². The maximum absolute atomic E-state index is 13.8. The van der Waals surface area contributed by atoms with E-state index in [4.69, 9.17) is 9.47 Å². The highest BCUT2D eigenvalue weighted by Crippen LogP contribution is 2.42. The van der Waals surface area contributed by atoms with Crippen LogP contribution in [0.3, 0.4) is 0 Å². The van der Waals surface area contributed by atoms with Crippen LogP contribution in [0, 0.1) is 11.3 Å². The first-order valence-electron chi connectivity index (χ1n) is 12.8. The number of nitrogens with zero attached hydrogens (tertiary/aromatic N) is 2. The van der Waals surface area contributed by atoms with Gasteiger partial charge < -0.3 is 14.8 Å². The Labute approximate surface area is 233 Å². The SMILES string of the molecule is CCCCc1ccc(CC2S/C(=C(/C#N)C(=O)Nc3ccccc3OC)N(c3ccc(OC)cc3)C2=O)cc1. The lowest BCUT2D eigenvalue weighted by atomic mass is 10.0. The molecule has 1 heterocycles. The Bertz CT molecular complexity index is 1390.